The first kappa shape index (κ1) is 11.9. The molecule has 0 radical (unpaired) electrons. The van der Waals surface area contributed by atoms with Gasteiger partial charge in [-0.25, -0.2) is 4.98 Å². The predicted octanol–water partition coefficient (Wildman–Crippen LogP) is 4.04. The molecule has 1 aromatic carbocycles. The summed E-state index contributed by atoms with van der Waals surface area (Å²) in [5.41, 5.74) is 2.98. The van der Waals surface area contributed by atoms with E-state index in [9.17, 15) is 0 Å². The van der Waals surface area contributed by atoms with Crippen LogP contribution in [0.5, 0.6) is 0 Å². The standard InChI is InChI=1S/C13H11BrN2OS/c1-15-6-10-12(14)18-13(16-10)9-7-17-11-5-3-2-4-8(9)11/h2-5,7,15H,6H2,1H3. The summed E-state index contributed by atoms with van der Waals surface area (Å²) in [6.07, 6.45) is 1.78. The highest BCUT2D eigenvalue weighted by molar-refractivity contribution is 9.11. The number of rotatable bonds is 3. The third kappa shape index (κ3) is 1.98. The van der Waals surface area contributed by atoms with Crippen molar-refractivity contribution in [2.45, 2.75) is 6.54 Å². The smallest absolute Gasteiger partial charge is 0.134 e. The molecule has 0 aliphatic rings. The number of halogens is 1. The molecule has 2 heterocycles. The molecule has 0 aliphatic heterocycles. The minimum Gasteiger partial charge on any atom is -0.464 e. The number of para-hydroxylation sites is 1. The Morgan fingerprint density at radius 3 is 3.06 bits per heavy atom. The molecule has 0 unspecified atom stereocenters. The van der Waals surface area contributed by atoms with Crippen LogP contribution in [-0.4, -0.2) is 12.0 Å². The number of benzene rings is 1. The lowest BCUT2D eigenvalue weighted by molar-refractivity contribution is 0.617. The van der Waals surface area contributed by atoms with Crippen molar-refractivity contribution >= 4 is 38.2 Å². The number of thiazole rings is 1. The van der Waals surface area contributed by atoms with Crippen molar-refractivity contribution in [3.8, 4) is 10.6 Å². The second-order valence-electron chi connectivity index (χ2n) is 3.92. The van der Waals surface area contributed by atoms with Crippen LogP contribution in [0, 0.1) is 0 Å². The van der Waals surface area contributed by atoms with Crippen LogP contribution >= 0.6 is 27.3 Å². The zero-order chi connectivity index (χ0) is 12.5. The molecule has 0 aliphatic carbocycles. The molecule has 0 saturated carbocycles. The van der Waals surface area contributed by atoms with Crippen LogP contribution in [0.3, 0.4) is 0 Å². The summed E-state index contributed by atoms with van der Waals surface area (Å²) < 4.78 is 6.62. The van der Waals surface area contributed by atoms with Crippen LogP contribution in [0.25, 0.3) is 21.5 Å². The minimum atomic E-state index is 0.757. The predicted molar refractivity (Wildman–Crippen MR) is 77.8 cm³/mol. The van der Waals surface area contributed by atoms with Gasteiger partial charge in [-0.3, -0.25) is 0 Å². The van der Waals surface area contributed by atoms with E-state index in [0.717, 1.165) is 37.6 Å². The van der Waals surface area contributed by atoms with Crippen LogP contribution in [-0.2, 0) is 6.54 Å². The van der Waals surface area contributed by atoms with E-state index in [0.29, 0.717) is 0 Å². The van der Waals surface area contributed by atoms with E-state index in [2.05, 4.69) is 32.3 Å². The molecule has 3 rings (SSSR count). The zero-order valence-electron chi connectivity index (χ0n) is 9.74. The molecule has 5 heteroatoms. The van der Waals surface area contributed by atoms with Crippen molar-refractivity contribution < 1.29 is 4.42 Å². The summed E-state index contributed by atoms with van der Waals surface area (Å²) >= 11 is 5.19. The molecule has 0 amide bonds. The highest BCUT2D eigenvalue weighted by Gasteiger charge is 2.14. The van der Waals surface area contributed by atoms with Gasteiger partial charge in [-0.15, -0.1) is 11.3 Å². The van der Waals surface area contributed by atoms with Crippen molar-refractivity contribution in [2.75, 3.05) is 7.05 Å². The average molecular weight is 323 g/mol. The van der Waals surface area contributed by atoms with Crippen LogP contribution in [0.15, 0.2) is 38.7 Å². The lowest BCUT2D eigenvalue weighted by atomic mass is 10.2. The van der Waals surface area contributed by atoms with Crippen LogP contribution in [0.2, 0.25) is 0 Å². The van der Waals surface area contributed by atoms with Crippen molar-refractivity contribution in [2.24, 2.45) is 0 Å². The van der Waals surface area contributed by atoms with Crippen molar-refractivity contribution in [3.63, 3.8) is 0 Å². The van der Waals surface area contributed by atoms with Gasteiger partial charge < -0.3 is 9.73 Å². The molecule has 2 aromatic heterocycles. The van der Waals surface area contributed by atoms with Gasteiger partial charge in [0.25, 0.3) is 0 Å². The largest absolute Gasteiger partial charge is 0.464 e. The second-order valence-corrected chi connectivity index (χ2v) is 6.23. The Morgan fingerprint density at radius 1 is 1.39 bits per heavy atom. The first-order chi connectivity index (χ1) is 8.79. The Hall–Kier alpha value is -1.17. The number of furan rings is 1. The van der Waals surface area contributed by atoms with Crippen LogP contribution in [0.4, 0.5) is 0 Å². The lowest BCUT2D eigenvalue weighted by Gasteiger charge is -1.93. The molecule has 18 heavy (non-hydrogen) atoms. The topological polar surface area (TPSA) is 38.1 Å². The molecule has 0 bridgehead atoms. The summed E-state index contributed by atoms with van der Waals surface area (Å²) in [7, 11) is 1.92. The fourth-order valence-electron chi connectivity index (χ4n) is 1.87. The monoisotopic (exact) mass is 322 g/mol. The fraction of sp³-hybridized carbons (Fsp3) is 0.154. The van der Waals surface area contributed by atoms with E-state index in [1.807, 2.05) is 25.2 Å². The zero-order valence-corrected chi connectivity index (χ0v) is 12.1. The number of nitrogens with zero attached hydrogens (tertiary/aromatic N) is 1. The Kier molecular flexibility index (Phi) is 3.20. The summed E-state index contributed by atoms with van der Waals surface area (Å²) in [5, 5.41) is 5.20. The Labute approximate surface area is 117 Å². The maximum Gasteiger partial charge on any atom is 0.134 e. The van der Waals surface area contributed by atoms with Crippen molar-refractivity contribution in [1.82, 2.24) is 10.3 Å². The second kappa shape index (κ2) is 4.84. The van der Waals surface area contributed by atoms with Gasteiger partial charge in [0.15, 0.2) is 0 Å². The Bertz CT molecular complexity index is 689. The van der Waals surface area contributed by atoms with E-state index < -0.39 is 0 Å². The summed E-state index contributed by atoms with van der Waals surface area (Å²) in [6, 6.07) is 8.01. The Morgan fingerprint density at radius 2 is 2.22 bits per heavy atom. The third-order valence-electron chi connectivity index (χ3n) is 2.71. The molecule has 0 spiro atoms. The van der Waals surface area contributed by atoms with E-state index >= 15 is 0 Å². The van der Waals surface area contributed by atoms with Crippen LogP contribution < -0.4 is 5.32 Å². The molecular weight excluding hydrogens is 312 g/mol. The number of hydrogen-bond donors (Lipinski definition) is 1. The highest BCUT2D eigenvalue weighted by Crippen LogP contribution is 2.36. The van der Waals surface area contributed by atoms with Crippen LogP contribution in [0.1, 0.15) is 5.69 Å². The van der Waals surface area contributed by atoms with Gasteiger partial charge in [-0.05, 0) is 29.0 Å². The van der Waals surface area contributed by atoms with Gasteiger partial charge in [0.2, 0.25) is 0 Å². The SMILES string of the molecule is CNCc1nc(-c2coc3ccccc23)sc1Br. The van der Waals surface area contributed by atoms with E-state index in [4.69, 9.17) is 4.42 Å². The molecule has 3 nitrogen and oxygen atoms in total. The fourth-order valence-corrected chi connectivity index (χ4v) is 3.39. The van der Waals surface area contributed by atoms with Gasteiger partial charge in [0.05, 0.1) is 15.0 Å². The normalized spacial score (nSPS) is 11.2. The van der Waals surface area contributed by atoms with Gasteiger partial charge in [0.1, 0.15) is 16.9 Å². The van der Waals surface area contributed by atoms with E-state index in [1.54, 1.807) is 17.6 Å². The summed E-state index contributed by atoms with van der Waals surface area (Å²) in [5.74, 6) is 0. The Balaban J connectivity index is 2.11. The summed E-state index contributed by atoms with van der Waals surface area (Å²) in [4.78, 5) is 4.64. The molecule has 0 saturated heterocycles. The van der Waals surface area contributed by atoms with E-state index in [-0.39, 0.29) is 0 Å². The molecule has 1 N–H and O–H groups in total. The molecule has 0 fully saturated rings. The lowest BCUT2D eigenvalue weighted by Crippen LogP contribution is -2.05. The van der Waals surface area contributed by atoms with Crippen molar-refractivity contribution in [1.29, 1.82) is 0 Å². The van der Waals surface area contributed by atoms with Gasteiger partial charge >= 0.3 is 0 Å². The minimum absolute atomic E-state index is 0.757. The van der Waals surface area contributed by atoms with E-state index in [1.165, 1.54) is 0 Å². The summed E-state index contributed by atoms with van der Waals surface area (Å²) in [6.45, 7) is 0.757. The number of fused-ring (bicyclic) bond motifs is 1. The third-order valence-corrected chi connectivity index (χ3v) is 4.57. The molecular formula is C13H11BrN2OS. The highest BCUT2D eigenvalue weighted by atomic mass is 79.9. The average Bonchev–Trinajstić information content (AvgIpc) is 2.94. The number of hydrogen-bond acceptors (Lipinski definition) is 4. The molecule has 0 atom stereocenters. The van der Waals surface area contributed by atoms with Gasteiger partial charge in [0, 0.05) is 11.9 Å². The molecule has 3 aromatic rings. The number of nitrogens with one attached hydrogen (secondary N) is 1. The first-order valence-corrected chi connectivity index (χ1v) is 7.17. The maximum atomic E-state index is 5.55. The quantitative estimate of drug-likeness (QED) is 0.790. The molecule has 92 valence electrons. The van der Waals surface area contributed by atoms with Crippen molar-refractivity contribution in [3.05, 3.63) is 40.0 Å². The van der Waals surface area contributed by atoms with Gasteiger partial charge in [-0.1, -0.05) is 18.2 Å². The first-order valence-electron chi connectivity index (χ1n) is 5.56. The maximum absolute atomic E-state index is 5.55. The van der Waals surface area contributed by atoms with Gasteiger partial charge in [-0.2, -0.15) is 0 Å². The number of aromatic nitrogens is 1.